The molecule has 19 heavy (non-hydrogen) atoms. The molecule has 0 saturated carbocycles. The summed E-state index contributed by atoms with van der Waals surface area (Å²) in [7, 11) is 0. The van der Waals surface area contributed by atoms with E-state index >= 15 is 0 Å². The average molecular weight is 257 g/mol. The number of benzene rings is 2. The van der Waals surface area contributed by atoms with Crippen molar-refractivity contribution in [1.82, 2.24) is 0 Å². The smallest absolute Gasteiger partial charge is 0.337 e. The second-order valence-electron chi connectivity index (χ2n) is 4.32. The zero-order chi connectivity index (χ0) is 14.0. The third-order valence-electron chi connectivity index (χ3n) is 3.07. The van der Waals surface area contributed by atoms with Crippen LogP contribution in [0.5, 0.6) is 11.5 Å². The van der Waals surface area contributed by atoms with Gasteiger partial charge in [0.1, 0.15) is 5.75 Å². The maximum Gasteiger partial charge on any atom is 0.337 e. The predicted molar refractivity (Wildman–Crippen MR) is 73.8 cm³/mol. The van der Waals surface area contributed by atoms with Gasteiger partial charge < -0.3 is 15.6 Å². The highest BCUT2D eigenvalue weighted by molar-refractivity contribution is 5.95. The van der Waals surface area contributed by atoms with Gasteiger partial charge in [-0.3, -0.25) is 0 Å². The number of ether oxygens (including phenoxy) is 1. The summed E-state index contributed by atoms with van der Waals surface area (Å²) >= 11 is 0. The Kier molecular flexibility index (Phi) is 3.42. The number of para-hydroxylation sites is 1. The van der Waals surface area contributed by atoms with E-state index in [2.05, 4.69) is 0 Å². The zero-order valence-electron chi connectivity index (χ0n) is 10.8. The number of hydrogen-bond acceptors (Lipinski definition) is 3. The highest BCUT2D eigenvalue weighted by atomic mass is 16.5. The van der Waals surface area contributed by atoms with E-state index in [9.17, 15) is 4.79 Å². The number of hydrogen-bond donors (Lipinski definition) is 2. The Bertz CT molecular complexity index is 635. The summed E-state index contributed by atoms with van der Waals surface area (Å²) in [6.07, 6.45) is 0. The molecule has 3 N–H and O–H groups in total. The van der Waals surface area contributed by atoms with Gasteiger partial charge in [0.25, 0.3) is 0 Å². The minimum atomic E-state index is -1.07. The fourth-order valence-electron chi connectivity index (χ4n) is 1.77. The monoisotopic (exact) mass is 257 g/mol. The number of anilines is 1. The third kappa shape index (κ3) is 2.52. The molecule has 4 heteroatoms. The molecule has 0 heterocycles. The van der Waals surface area contributed by atoms with Crippen LogP contribution in [0.1, 0.15) is 21.5 Å². The van der Waals surface area contributed by atoms with Crippen molar-refractivity contribution in [3.05, 3.63) is 53.1 Å². The van der Waals surface area contributed by atoms with Gasteiger partial charge in [-0.2, -0.15) is 0 Å². The van der Waals surface area contributed by atoms with E-state index in [1.807, 2.05) is 32.0 Å². The van der Waals surface area contributed by atoms with Gasteiger partial charge in [0.15, 0.2) is 5.75 Å². The molecule has 0 atom stereocenters. The largest absolute Gasteiger partial charge is 0.478 e. The standard InChI is InChI=1S/C15H15NO3/c1-9-5-3-7-12(10(9)2)19-13-8-4-6-11(14(13)16)15(17)18/h3-8H,16H2,1-2H3,(H,17,18). The van der Waals surface area contributed by atoms with Crippen LogP contribution >= 0.6 is 0 Å². The summed E-state index contributed by atoms with van der Waals surface area (Å²) in [5.74, 6) is -0.0354. The molecule has 0 amide bonds. The summed E-state index contributed by atoms with van der Waals surface area (Å²) in [5.41, 5.74) is 8.10. The third-order valence-corrected chi connectivity index (χ3v) is 3.07. The average Bonchev–Trinajstić information content (AvgIpc) is 2.37. The van der Waals surface area contributed by atoms with E-state index in [-0.39, 0.29) is 11.3 Å². The molecule has 0 saturated heterocycles. The fourth-order valence-corrected chi connectivity index (χ4v) is 1.77. The molecule has 4 nitrogen and oxygen atoms in total. The second kappa shape index (κ2) is 5.02. The van der Waals surface area contributed by atoms with Crippen LogP contribution in [0.25, 0.3) is 0 Å². The first-order valence-corrected chi connectivity index (χ1v) is 5.86. The summed E-state index contributed by atoms with van der Waals surface area (Å²) in [5, 5.41) is 9.02. The Morgan fingerprint density at radius 1 is 1.11 bits per heavy atom. The van der Waals surface area contributed by atoms with Crippen LogP contribution in [0, 0.1) is 13.8 Å². The lowest BCUT2D eigenvalue weighted by Crippen LogP contribution is -2.04. The lowest BCUT2D eigenvalue weighted by molar-refractivity contribution is 0.0697. The molecule has 2 aromatic carbocycles. The van der Waals surface area contributed by atoms with E-state index in [1.165, 1.54) is 6.07 Å². The Labute approximate surface area is 111 Å². The molecule has 0 radical (unpaired) electrons. The van der Waals surface area contributed by atoms with Crippen molar-refractivity contribution >= 4 is 11.7 Å². The summed E-state index contributed by atoms with van der Waals surface area (Å²) in [4.78, 5) is 11.0. The minimum absolute atomic E-state index is 0.0443. The van der Waals surface area contributed by atoms with Crippen LogP contribution in [0.15, 0.2) is 36.4 Å². The first kappa shape index (κ1) is 13.0. The molecule has 0 aliphatic heterocycles. The second-order valence-corrected chi connectivity index (χ2v) is 4.32. The maximum absolute atomic E-state index is 11.0. The van der Waals surface area contributed by atoms with E-state index in [0.717, 1.165) is 11.1 Å². The molecule has 2 aromatic rings. The summed E-state index contributed by atoms with van der Waals surface area (Å²) in [6, 6.07) is 10.4. The van der Waals surface area contributed by atoms with Gasteiger partial charge >= 0.3 is 5.97 Å². The van der Waals surface area contributed by atoms with Crippen molar-refractivity contribution in [1.29, 1.82) is 0 Å². The van der Waals surface area contributed by atoms with E-state index in [0.29, 0.717) is 11.5 Å². The van der Waals surface area contributed by atoms with Crippen molar-refractivity contribution in [3.8, 4) is 11.5 Å². The van der Waals surface area contributed by atoms with Crippen LogP contribution in [0.3, 0.4) is 0 Å². The van der Waals surface area contributed by atoms with Crippen LogP contribution in [-0.2, 0) is 0 Å². The molecule has 0 spiro atoms. The first-order chi connectivity index (χ1) is 9.00. The molecular weight excluding hydrogens is 242 g/mol. The van der Waals surface area contributed by atoms with Gasteiger partial charge in [0, 0.05) is 0 Å². The summed E-state index contributed by atoms with van der Waals surface area (Å²) < 4.78 is 5.72. The number of aryl methyl sites for hydroxylation is 1. The number of aromatic carboxylic acids is 1. The highest BCUT2D eigenvalue weighted by Gasteiger charge is 2.13. The van der Waals surface area contributed by atoms with E-state index in [4.69, 9.17) is 15.6 Å². The molecule has 0 aliphatic carbocycles. The molecule has 0 bridgehead atoms. The van der Waals surface area contributed by atoms with E-state index in [1.54, 1.807) is 12.1 Å². The first-order valence-electron chi connectivity index (χ1n) is 5.86. The summed E-state index contributed by atoms with van der Waals surface area (Å²) in [6.45, 7) is 3.93. The maximum atomic E-state index is 11.0. The van der Waals surface area contributed by atoms with Gasteiger partial charge in [0.05, 0.1) is 11.3 Å². The molecule has 98 valence electrons. The van der Waals surface area contributed by atoms with Crippen molar-refractivity contribution < 1.29 is 14.6 Å². The van der Waals surface area contributed by atoms with Crippen LogP contribution in [0.4, 0.5) is 5.69 Å². The van der Waals surface area contributed by atoms with E-state index < -0.39 is 5.97 Å². The molecule has 0 aromatic heterocycles. The molecule has 0 aliphatic rings. The van der Waals surface area contributed by atoms with Gasteiger partial charge in [-0.15, -0.1) is 0 Å². The van der Waals surface area contributed by atoms with Crippen molar-refractivity contribution in [3.63, 3.8) is 0 Å². The van der Waals surface area contributed by atoms with Crippen LogP contribution in [0.2, 0.25) is 0 Å². The Balaban J connectivity index is 2.42. The number of carboxylic acid groups (broad SMARTS) is 1. The predicted octanol–water partition coefficient (Wildman–Crippen LogP) is 3.38. The van der Waals surface area contributed by atoms with Crippen molar-refractivity contribution in [2.45, 2.75) is 13.8 Å². The van der Waals surface area contributed by atoms with Gasteiger partial charge in [-0.1, -0.05) is 18.2 Å². The van der Waals surface area contributed by atoms with Gasteiger partial charge in [-0.25, -0.2) is 4.79 Å². The van der Waals surface area contributed by atoms with Gasteiger partial charge in [0.2, 0.25) is 0 Å². The number of carbonyl (C=O) groups is 1. The van der Waals surface area contributed by atoms with Crippen LogP contribution < -0.4 is 10.5 Å². The highest BCUT2D eigenvalue weighted by Crippen LogP contribution is 2.32. The number of nitrogen functional groups attached to an aromatic ring is 1. The minimum Gasteiger partial charge on any atom is -0.478 e. The molecule has 0 fully saturated rings. The lowest BCUT2D eigenvalue weighted by atomic mass is 10.1. The fraction of sp³-hybridized carbons (Fsp3) is 0.133. The molecule has 0 unspecified atom stereocenters. The Hall–Kier alpha value is -2.49. The van der Waals surface area contributed by atoms with Crippen molar-refractivity contribution in [2.75, 3.05) is 5.73 Å². The lowest BCUT2D eigenvalue weighted by Gasteiger charge is -2.13. The SMILES string of the molecule is Cc1cccc(Oc2cccc(C(=O)O)c2N)c1C. The number of nitrogens with two attached hydrogens (primary N) is 1. The molecular formula is C15H15NO3. The number of carboxylic acids is 1. The van der Waals surface area contributed by atoms with Crippen molar-refractivity contribution in [2.24, 2.45) is 0 Å². The van der Waals surface area contributed by atoms with Gasteiger partial charge in [-0.05, 0) is 43.2 Å². The normalized spacial score (nSPS) is 10.2. The number of rotatable bonds is 3. The Morgan fingerprint density at radius 3 is 2.42 bits per heavy atom. The topological polar surface area (TPSA) is 72.5 Å². The zero-order valence-corrected chi connectivity index (χ0v) is 10.8. The quantitative estimate of drug-likeness (QED) is 0.827. The van der Waals surface area contributed by atoms with Crippen LogP contribution in [-0.4, -0.2) is 11.1 Å². The molecule has 2 rings (SSSR count). The Morgan fingerprint density at radius 2 is 1.74 bits per heavy atom.